The predicted octanol–water partition coefficient (Wildman–Crippen LogP) is 9.99. The van der Waals surface area contributed by atoms with Gasteiger partial charge < -0.3 is 20.1 Å². The number of hydrogen-bond donors (Lipinski definition) is 3. The van der Waals surface area contributed by atoms with Crippen molar-refractivity contribution in [3.8, 4) is 17.2 Å². The molecule has 5 nitrogen and oxygen atoms in total. The molecule has 0 fully saturated rings. The zero-order valence-corrected chi connectivity index (χ0v) is 25.7. The zero-order chi connectivity index (χ0) is 35.3. The Morgan fingerprint density at radius 3 is 1.98 bits per heavy atom. The van der Waals surface area contributed by atoms with Crippen molar-refractivity contribution in [2.24, 2.45) is 5.92 Å². The van der Waals surface area contributed by atoms with E-state index in [1.165, 1.54) is 0 Å². The standard InChI is InChI=1S/C33H39F9O5/c1-2-29(22-11-13-23(43)14-12-22)20-47-27-19-24(44)15-16-25(27)26(29)10-8-6-4-3-5-7-9-21(28(45)46)17-18-30(34,35)31(36,37)32(38,39)33(40,41)42/h11-16,19,21,26,43-44H,2-10,17-18,20H2,1H3,(H,45,46). The quantitative estimate of drug-likeness (QED) is 0.114. The lowest BCUT2D eigenvalue weighted by Gasteiger charge is -2.45. The van der Waals surface area contributed by atoms with E-state index in [0.717, 1.165) is 43.2 Å². The fraction of sp³-hybridized carbons (Fsp3) is 0.606. The van der Waals surface area contributed by atoms with Gasteiger partial charge >= 0.3 is 29.9 Å². The molecule has 2 aromatic rings. The third-order valence-electron chi connectivity index (χ3n) is 9.26. The number of unbranched alkanes of at least 4 members (excludes halogenated alkanes) is 5. The SMILES string of the molecule is CCC1(c2ccc(O)cc2)COc2cc(O)ccc2C1CCCCCCCCC(CCC(F)(F)C(F)(F)C(F)(F)C(F)(F)F)C(=O)O. The van der Waals surface area contributed by atoms with Crippen LogP contribution in [0.2, 0.25) is 0 Å². The Morgan fingerprint density at radius 2 is 1.40 bits per heavy atom. The summed E-state index contributed by atoms with van der Waals surface area (Å²) in [5.41, 5.74) is 1.56. The van der Waals surface area contributed by atoms with Gasteiger partial charge in [-0.3, -0.25) is 4.79 Å². The average molecular weight is 687 g/mol. The van der Waals surface area contributed by atoms with Gasteiger partial charge in [-0.25, -0.2) is 0 Å². The molecule has 3 rings (SSSR count). The largest absolute Gasteiger partial charge is 0.508 e. The molecule has 0 saturated heterocycles. The lowest BCUT2D eigenvalue weighted by Crippen LogP contribution is -2.60. The second-order valence-corrected chi connectivity index (χ2v) is 12.2. The molecular weight excluding hydrogens is 647 g/mol. The number of benzene rings is 2. The van der Waals surface area contributed by atoms with Crippen LogP contribution in [0.25, 0.3) is 0 Å². The van der Waals surface area contributed by atoms with Crippen molar-refractivity contribution in [1.29, 1.82) is 0 Å². The highest BCUT2D eigenvalue weighted by Gasteiger charge is 2.81. The average Bonchev–Trinajstić information content (AvgIpc) is 2.99. The first-order valence-corrected chi connectivity index (χ1v) is 15.5. The molecule has 3 N–H and O–H groups in total. The molecule has 0 saturated carbocycles. The van der Waals surface area contributed by atoms with E-state index >= 15 is 0 Å². The van der Waals surface area contributed by atoms with E-state index in [1.807, 2.05) is 18.2 Å². The van der Waals surface area contributed by atoms with Gasteiger partial charge in [0.05, 0.1) is 12.5 Å². The molecule has 2 aromatic carbocycles. The van der Waals surface area contributed by atoms with E-state index in [1.54, 1.807) is 24.3 Å². The van der Waals surface area contributed by atoms with Gasteiger partial charge in [0.2, 0.25) is 0 Å². The van der Waals surface area contributed by atoms with E-state index in [-0.39, 0.29) is 30.3 Å². The summed E-state index contributed by atoms with van der Waals surface area (Å²) in [4.78, 5) is 11.5. The maximum Gasteiger partial charge on any atom is 0.460 e. The summed E-state index contributed by atoms with van der Waals surface area (Å²) in [7, 11) is 0. The summed E-state index contributed by atoms with van der Waals surface area (Å²) >= 11 is 0. The van der Waals surface area contributed by atoms with E-state index in [4.69, 9.17) is 4.74 Å². The molecule has 0 radical (unpaired) electrons. The highest BCUT2D eigenvalue weighted by molar-refractivity contribution is 5.69. The van der Waals surface area contributed by atoms with E-state index < -0.39 is 54.1 Å². The summed E-state index contributed by atoms with van der Waals surface area (Å²) in [6.07, 6.45) is -5.37. The molecule has 0 aliphatic carbocycles. The molecule has 3 atom stereocenters. The van der Waals surface area contributed by atoms with Crippen LogP contribution in [0.15, 0.2) is 42.5 Å². The number of hydrogen-bond acceptors (Lipinski definition) is 4. The van der Waals surface area contributed by atoms with E-state index in [0.29, 0.717) is 25.2 Å². The van der Waals surface area contributed by atoms with Gasteiger partial charge in [-0.1, -0.05) is 63.6 Å². The summed E-state index contributed by atoms with van der Waals surface area (Å²) in [5, 5.41) is 29.1. The molecule has 0 spiro atoms. The Hall–Kier alpha value is -3.32. The molecular formula is C33H39F9O5. The molecule has 1 heterocycles. The van der Waals surface area contributed by atoms with Crippen molar-refractivity contribution in [1.82, 2.24) is 0 Å². The monoisotopic (exact) mass is 686 g/mol. The number of ether oxygens (including phenoxy) is 1. The summed E-state index contributed by atoms with van der Waals surface area (Å²) < 4.78 is 124. The minimum Gasteiger partial charge on any atom is -0.508 e. The van der Waals surface area contributed by atoms with Crippen LogP contribution < -0.4 is 4.74 Å². The number of halogens is 9. The van der Waals surface area contributed by atoms with Crippen LogP contribution in [-0.2, 0) is 10.2 Å². The number of fused-ring (bicyclic) bond motifs is 1. The maximum atomic E-state index is 13.9. The highest BCUT2D eigenvalue weighted by Crippen LogP contribution is 2.55. The molecule has 1 aliphatic heterocycles. The van der Waals surface area contributed by atoms with Crippen molar-refractivity contribution in [3.05, 3.63) is 53.6 Å². The molecule has 14 heteroatoms. The minimum atomic E-state index is -7.00. The fourth-order valence-corrected chi connectivity index (χ4v) is 6.36. The lowest BCUT2D eigenvalue weighted by molar-refractivity contribution is -0.396. The molecule has 0 amide bonds. The van der Waals surface area contributed by atoms with Crippen LogP contribution in [0, 0.1) is 5.92 Å². The molecule has 0 aromatic heterocycles. The first-order valence-electron chi connectivity index (χ1n) is 15.5. The van der Waals surface area contributed by atoms with Crippen LogP contribution in [0.3, 0.4) is 0 Å². The number of phenols is 2. The molecule has 47 heavy (non-hydrogen) atoms. The summed E-state index contributed by atoms with van der Waals surface area (Å²) in [5.74, 6) is -22.0. The van der Waals surface area contributed by atoms with Crippen LogP contribution in [0.1, 0.15) is 94.6 Å². The zero-order valence-electron chi connectivity index (χ0n) is 25.7. The molecule has 3 unspecified atom stereocenters. The first kappa shape index (κ1) is 38.1. The summed E-state index contributed by atoms with van der Waals surface area (Å²) in [6.45, 7) is 2.43. The van der Waals surface area contributed by atoms with E-state index in [9.17, 15) is 59.6 Å². The van der Waals surface area contributed by atoms with Gasteiger partial charge in [-0.2, -0.15) is 39.5 Å². The summed E-state index contributed by atoms with van der Waals surface area (Å²) in [6, 6.07) is 12.0. The van der Waals surface area contributed by atoms with Gasteiger partial charge in [0.15, 0.2) is 0 Å². The van der Waals surface area contributed by atoms with Crippen molar-refractivity contribution in [3.63, 3.8) is 0 Å². The van der Waals surface area contributed by atoms with Gasteiger partial charge in [-0.15, -0.1) is 0 Å². The third kappa shape index (κ3) is 8.22. The topological polar surface area (TPSA) is 87.0 Å². The number of alkyl halides is 9. The van der Waals surface area contributed by atoms with Crippen molar-refractivity contribution in [2.45, 2.75) is 113 Å². The van der Waals surface area contributed by atoms with Gasteiger partial charge in [0.1, 0.15) is 17.2 Å². The smallest absolute Gasteiger partial charge is 0.460 e. The number of phenolic OH excluding ortho intramolecular Hbond substituents is 2. The Balaban J connectivity index is 1.52. The Bertz CT molecular complexity index is 1330. The highest BCUT2D eigenvalue weighted by atomic mass is 19.4. The van der Waals surface area contributed by atoms with Crippen LogP contribution >= 0.6 is 0 Å². The molecule has 264 valence electrons. The Kier molecular flexibility index (Phi) is 12.0. The van der Waals surface area contributed by atoms with Crippen molar-refractivity contribution >= 4 is 5.97 Å². The predicted molar refractivity (Wildman–Crippen MR) is 155 cm³/mol. The van der Waals surface area contributed by atoms with Gasteiger partial charge in [0, 0.05) is 23.8 Å². The Morgan fingerprint density at radius 1 is 0.830 bits per heavy atom. The molecule has 0 bridgehead atoms. The number of carboxylic acid groups (broad SMARTS) is 1. The number of aromatic hydroxyl groups is 2. The van der Waals surface area contributed by atoms with Crippen LogP contribution in [0.5, 0.6) is 17.2 Å². The molecule has 1 aliphatic rings. The lowest BCUT2D eigenvalue weighted by atomic mass is 9.63. The third-order valence-corrected chi connectivity index (χ3v) is 9.26. The maximum absolute atomic E-state index is 13.9. The van der Waals surface area contributed by atoms with Crippen LogP contribution in [-0.4, -0.2) is 51.8 Å². The number of carbonyl (C=O) groups is 1. The number of rotatable bonds is 17. The fourth-order valence-electron chi connectivity index (χ4n) is 6.36. The number of aliphatic carboxylic acids is 1. The van der Waals surface area contributed by atoms with Crippen molar-refractivity contribution < 1.29 is 64.4 Å². The minimum absolute atomic E-state index is 0.0271. The van der Waals surface area contributed by atoms with E-state index in [2.05, 4.69) is 6.92 Å². The van der Waals surface area contributed by atoms with Crippen molar-refractivity contribution in [2.75, 3.05) is 6.61 Å². The second kappa shape index (κ2) is 14.8. The van der Waals surface area contributed by atoms with Gasteiger partial charge in [0.25, 0.3) is 0 Å². The first-order chi connectivity index (χ1) is 21.8. The second-order valence-electron chi connectivity index (χ2n) is 12.2. The van der Waals surface area contributed by atoms with Crippen LogP contribution in [0.4, 0.5) is 39.5 Å². The number of carboxylic acids is 1. The normalized spacial score (nSPS) is 19.6. The van der Waals surface area contributed by atoms with Gasteiger partial charge in [-0.05, 0) is 55.0 Å². The Labute approximate surface area is 266 Å².